The summed E-state index contributed by atoms with van der Waals surface area (Å²) < 4.78 is 5.11. The molecule has 0 aromatic heterocycles. The van der Waals surface area contributed by atoms with Gasteiger partial charge < -0.3 is 9.64 Å². The summed E-state index contributed by atoms with van der Waals surface area (Å²) >= 11 is 0. The van der Waals surface area contributed by atoms with Gasteiger partial charge in [-0.15, -0.1) is 0 Å². The third kappa shape index (κ3) is 6.03. The number of ether oxygens (including phenoxy) is 1. The van der Waals surface area contributed by atoms with Crippen molar-refractivity contribution in [3.05, 3.63) is 42.0 Å². The quantitative estimate of drug-likeness (QED) is 0.509. The van der Waals surface area contributed by atoms with Crippen molar-refractivity contribution in [1.29, 1.82) is 0 Å². The van der Waals surface area contributed by atoms with Gasteiger partial charge in [-0.2, -0.15) is 0 Å². The smallest absolute Gasteiger partial charge is 0.333 e. The number of hydrogen-bond donors (Lipinski definition) is 0. The Hall–Kier alpha value is -1.77. The molecule has 3 heteroatoms. The summed E-state index contributed by atoms with van der Waals surface area (Å²) in [6.07, 6.45) is 3.04. The average Bonchev–Trinajstić information content (AvgIpc) is 2.47. The van der Waals surface area contributed by atoms with Crippen molar-refractivity contribution in [3.63, 3.8) is 0 Å². The maximum Gasteiger partial charge on any atom is 0.333 e. The van der Waals surface area contributed by atoms with Gasteiger partial charge in [-0.25, -0.2) is 4.79 Å². The van der Waals surface area contributed by atoms with Crippen molar-refractivity contribution in [2.75, 3.05) is 24.6 Å². The van der Waals surface area contributed by atoms with Crippen LogP contribution in [0, 0.1) is 0 Å². The van der Waals surface area contributed by atoms with E-state index in [1.54, 1.807) is 6.92 Å². The molecule has 3 nitrogen and oxygen atoms in total. The minimum absolute atomic E-state index is 0.316. The highest BCUT2D eigenvalue weighted by Gasteiger charge is 2.05. The number of carbonyl (C=O) groups excluding carboxylic acids is 1. The van der Waals surface area contributed by atoms with Gasteiger partial charge in [0.25, 0.3) is 0 Å². The van der Waals surface area contributed by atoms with Gasteiger partial charge in [0, 0.05) is 30.8 Å². The van der Waals surface area contributed by atoms with Gasteiger partial charge in [0.15, 0.2) is 0 Å². The monoisotopic (exact) mass is 289 g/mol. The number of benzene rings is 1. The standard InChI is InChI=1S/C18H27NO2/c1-5-12-19(13-6-2)17-9-7-16(8-10-17)11-14-21-18(20)15(3)4/h7-10H,3,5-6,11-14H2,1-2,4H3. The molecule has 0 atom stereocenters. The zero-order valence-corrected chi connectivity index (χ0v) is 13.5. The normalized spacial score (nSPS) is 10.2. The molecular weight excluding hydrogens is 262 g/mol. The fraction of sp³-hybridized carbons (Fsp3) is 0.500. The molecule has 0 N–H and O–H groups in total. The van der Waals surface area contributed by atoms with Crippen molar-refractivity contribution < 1.29 is 9.53 Å². The second kappa shape index (κ2) is 9.22. The minimum atomic E-state index is -0.316. The van der Waals surface area contributed by atoms with Crippen molar-refractivity contribution >= 4 is 11.7 Å². The highest BCUT2D eigenvalue weighted by molar-refractivity contribution is 5.86. The van der Waals surface area contributed by atoms with Crippen molar-refractivity contribution in [3.8, 4) is 0 Å². The molecule has 1 aromatic rings. The van der Waals surface area contributed by atoms with Crippen LogP contribution in [0.2, 0.25) is 0 Å². The first-order chi connectivity index (χ1) is 10.1. The Balaban J connectivity index is 2.52. The highest BCUT2D eigenvalue weighted by atomic mass is 16.5. The van der Waals surface area contributed by atoms with E-state index in [1.807, 2.05) is 0 Å². The maximum absolute atomic E-state index is 11.3. The van der Waals surface area contributed by atoms with Gasteiger partial charge in [-0.1, -0.05) is 32.6 Å². The van der Waals surface area contributed by atoms with Crippen LogP contribution in [0.3, 0.4) is 0 Å². The lowest BCUT2D eigenvalue weighted by atomic mass is 10.1. The third-order valence-electron chi connectivity index (χ3n) is 3.26. The van der Waals surface area contributed by atoms with E-state index in [1.165, 1.54) is 11.3 Å². The fourth-order valence-corrected chi connectivity index (χ4v) is 2.17. The second-order valence-corrected chi connectivity index (χ2v) is 5.32. The molecule has 0 bridgehead atoms. The van der Waals surface area contributed by atoms with Crippen LogP contribution in [-0.4, -0.2) is 25.7 Å². The lowest BCUT2D eigenvalue weighted by Crippen LogP contribution is -2.24. The summed E-state index contributed by atoms with van der Waals surface area (Å²) in [4.78, 5) is 13.7. The zero-order chi connectivity index (χ0) is 15.7. The molecule has 0 amide bonds. The van der Waals surface area contributed by atoms with Crippen molar-refractivity contribution in [2.45, 2.75) is 40.0 Å². The van der Waals surface area contributed by atoms with Crippen molar-refractivity contribution in [2.24, 2.45) is 0 Å². The van der Waals surface area contributed by atoms with Gasteiger partial charge in [0.1, 0.15) is 0 Å². The SMILES string of the molecule is C=C(C)C(=O)OCCc1ccc(N(CCC)CCC)cc1. The topological polar surface area (TPSA) is 29.5 Å². The molecule has 0 saturated heterocycles. The Bertz CT molecular complexity index is 445. The van der Waals surface area contributed by atoms with E-state index in [0.717, 1.165) is 32.4 Å². The molecule has 1 rings (SSSR count). The Kier molecular flexibility index (Phi) is 7.59. The molecule has 21 heavy (non-hydrogen) atoms. The maximum atomic E-state index is 11.3. The summed E-state index contributed by atoms with van der Waals surface area (Å²) in [5.41, 5.74) is 2.89. The lowest BCUT2D eigenvalue weighted by Gasteiger charge is -2.24. The molecule has 0 aliphatic rings. The van der Waals surface area contributed by atoms with Crippen molar-refractivity contribution in [1.82, 2.24) is 0 Å². The van der Waals surface area contributed by atoms with Crippen LogP contribution in [0.25, 0.3) is 0 Å². The lowest BCUT2D eigenvalue weighted by molar-refractivity contribution is -0.138. The fourth-order valence-electron chi connectivity index (χ4n) is 2.17. The molecule has 0 saturated carbocycles. The molecule has 0 fully saturated rings. The number of anilines is 1. The van der Waals surface area contributed by atoms with Crippen LogP contribution in [0.5, 0.6) is 0 Å². The Morgan fingerprint density at radius 3 is 2.19 bits per heavy atom. The van der Waals surface area contributed by atoms with Crippen LogP contribution in [0.4, 0.5) is 5.69 Å². The number of rotatable bonds is 9. The molecule has 0 spiro atoms. The van der Waals surface area contributed by atoms with Gasteiger partial charge in [-0.05, 0) is 37.5 Å². The van der Waals surface area contributed by atoms with Gasteiger partial charge >= 0.3 is 5.97 Å². The zero-order valence-electron chi connectivity index (χ0n) is 13.5. The third-order valence-corrected chi connectivity index (χ3v) is 3.26. The van der Waals surface area contributed by atoms with Gasteiger partial charge in [0.05, 0.1) is 6.61 Å². The number of carbonyl (C=O) groups is 1. The second-order valence-electron chi connectivity index (χ2n) is 5.32. The molecule has 0 aliphatic carbocycles. The number of hydrogen-bond acceptors (Lipinski definition) is 3. The first-order valence-corrected chi connectivity index (χ1v) is 7.75. The summed E-state index contributed by atoms with van der Waals surface area (Å²) in [6.45, 7) is 12.2. The molecule has 0 heterocycles. The van der Waals surface area contributed by atoms with Crippen LogP contribution in [-0.2, 0) is 16.0 Å². The van der Waals surface area contributed by atoms with E-state index in [2.05, 4.69) is 49.6 Å². The van der Waals surface area contributed by atoms with E-state index >= 15 is 0 Å². The van der Waals surface area contributed by atoms with Gasteiger partial charge in [0.2, 0.25) is 0 Å². The summed E-state index contributed by atoms with van der Waals surface area (Å²) in [7, 11) is 0. The van der Waals surface area contributed by atoms with Crippen LogP contribution in [0.15, 0.2) is 36.4 Å². The van der Waals surface area contributed by atoms with Crippen LogP contribution >= 0.6 is 0 Å². The van der Waals surface area contributed by atoms with E-state index in [9.17, 15) is 4.79 Å². The van der Waals surface area contributed by atoms with E-state index in [4.69, 9.17) is 4.74 Å². The molecule has 116 valence electrons. The highest BCUT2D eigenvalue weighted by Crippen LogP contribution is 2.16. The Morgan fingerprint density at radius 1 is 1.14 bits per heavy atom. The van der Waals surface area contributed by atoms with E-state index in [0.29, 0.717) is 12.2 Å². The Labute approximate surface area is 128 Å². The predicted octanol–water partition coefficient (Wildman–Crippen LogP) is 3.97. The van der Waals surface area contributed by atoms with Gasteiger partial charge in [-0.3, -0.25) is 0 Å². The van der Waals surface area contributed by atoms with Crippen LogP contribution in [0.1, 0.15) is 39.2 Å². The Morgan fingerprint density at radius 2 is 1.71 bits per heavy atom. The number of esters is 1. The summed E-state index contributed by atoms with van der Waals surface area (Å²) in [5, 5.41) is 0. The minimum Gasteiger partial charge on any atom is -0.462 e. The number of nitrogens with zero attached hydrogens (tertiary/aromatic N) is 1. The summed E-state index contributed by atoms with van der Waals surface area (Å²) in [6, 6.07) is 8.53. The summed E-state index contributed by atoms with van der Waals surface area (Å²) in [5.74, 6) is -0.316. The van der Waals surface area contributed by atoms with E-state index < -0.39 is 0 Å². The first-order valence-electron chi connectivity index (χ1n) is 7.75. The molecule has 0 aliphatic heterocycles. The average molecular weight is 289 g/mol. The molecule has 1 aromatic carbocycles. The van der Waals surface area contributed by atoms with Crippen LogP contribution < -0.4 is 4.90 Å². The molecule has 0 radical (unpaired) electrons. The predicted molar refractivity (Wildman–Crippen MR) is 88.7 cm³/mol. The van der Waals surface area contributed by atoms with E-state index in [-0.39, 0.29) is 5.97 Å². The molecule has 0 unspecified atom stereocenters. The first kappa shape index (κ1) is 17.3. The molecular formula is C18H27NO2. The largest absolute Gasteiger partial charge is 0.462 e.